The first kappa shape index (κ1) is 8.14. The van der Waals surface area contributed by atoms with Gasteiger partial charge in [0.2, 0.25) is 0 Å². The molecule has 3 heteroatoms. The van der Waals surface area contributed by atoms with Gasteiger partial charge < -0.3 is 10.1 Å². The quantitative estimate of drug-likeness (QED) is 0.349. The van der Waals surface area contributed by atoms with Crippen LogP contribution in [-0.4, -0.2) is 18.8 Å². The third-order valence-electron chi connectivity index (χ3n) is 0.814. The molecule has 0 atom stereocenters. The lowest BCUT2D eigenvalue weighted by Gasteiger charge is -1.97. The molecule has 0 amide bonds. The molecule has 9 heavy (non-hydrogen) atoms. The van der Waals surface area contributed by atoms with Gasteiger partial charge in [0.05, 0.1) is 6.61 Å². The van der Waals surface area contributed by atoms with E-state index in [0.717, 1.165) is 0 Å². The zero-order chi connectivity index (χ0) is 7.11. The molecule has 1 N–H and O–H groups in total. The zero-order valence-electron chi connectivity index (χ0n) is 5.52. The van der Waals surface area contributed by atoms with Crippen LogP contribution >= 0.6 is 0 Å². The minimum absolute atomic E-state index is 0.197. The Balaban J connectivity index is 3.06. The SMILES string of the molecule is CCC(=O)OCCC=N. The first-order chi connectivity index (χ1) is 4.31. The third kappa shape index (κ3) is 5.00. The molecule has 0 saturated carbocycles. The van der Waals surface area contributed by atoms with Crippen molar-refractivity contribution in [3.05, 3.63) is 0 Å². The lowest BCUT2D eigenvalue weighted by atomic mass is 10.5. The van der Waals surface area contributed by atoms with Crippen molar-refractivity contribution in [1.29, 1.82) is 5.41 Å². The van der Waals surface area contributed by atoms with Crippen molar-refractivity contribution in [3.63, 3.8) is 0 Å². The van der Waals surface area contributed by atoms with Gasteiger partial charge in [0.1, 0.15) is 0 Å². The summed E-state index contributed by atoms with van der Waals surface area (Å²) < 4.78 is 4.64. The van der Waals surface area contributed by atoms with Crippen LogP contribution in [0.25, 0.3) is 0 Å². The average molecular weight is 129 g/mol. The van der Waals surface area contributed by atoms with Crippen molar-refractivity contribution in [1.82, 2.24) is 0 Å². The molecule has 0 saturated heterocycles. The zero-order valence-corrected chi connectivity index (χ0v) is 5.52. The van der Waals surface area contributed by atoms with Crippen molar-refractivity contribution >= 4 is 12.2 Å². The van der Waals surface area contributed by atoms with E-state index in [1.165, 1.54) is 6.21 Å². The molecule has 0 aromatic rings. The van der Waals surface area contributed by atoms with Gasteiger partial charge >= 0.3 is 5.97 Å². The predicted molar refractivity (Wildman–Crippen MR) is 34.7 cm³/mol. The number of nitrogens with one attached hydrogen (secondary N) is 1. The standard InChI is InChI=1S/C6H11NO2/c1-2-6(8)9-5-3-4-7/h4,7H,2-3,5H2,1H3. The molecule has 0 aliphatic carbocycles. The van der Waals surface area contributed by atoms with E-state index >= 15 is 0 Å². The Bertz CT molecular complexity index is 101. The number of hydrogen-bond donors (Lipinski definition) is 1. The Morgan fingerprint density at radius 3 is 2.89 bits per heavy atom. The van der Waals surface area contributed by atoms with Crippen LogP contribution in [0, 0.1) is 5.41 Å². The number of esters is 1. The number of ether oxygens (including phenoxy) is 1. The van der Waals surface area contributed by atoms with E-state index in [-0.39, 0.29) is 5.97 Å². The van der Waals surface area contributed by atoms with Gasteiger partial charge in [-0.15, -0.1) is 0 Å². The molecular weight excluding hydrogens is 118 g/mol. The third-order valence-corrected chi connectivity index (χ3v) is 0.814. The summed E-state index contributed by atoms with van der Waals surface area (Å²) >= 11 is 0. The van der Waals surface area contributed by atoms with Gasteiger partial charge in [0.25, 0.3) is 0 Å². The second kappa shape index (κ2) is 5.28. The van der Waals surface area contributed by atoms with E-state index in [9.17, 15) is 4.79 Å². The van der Waals surface area contributed by atoms with Gasteiger partial charge in [-0.2, -0.15) is 0 Å². The molecule has 0 spiro atoms. The van der Waals surface area contributed by atoms with E-state index in [2.05, 4.69) is 4.74 Å². The molecule has 52 valence electrons. The normalized spacial score (nSPS) is 8.56. The summed E-state index contributed by atoms with van der Waals surface area (Å²) in [6.45, 7) is 2.09. The maximum Gasteiger partial charge on any atom is 0.305 e. The van der Waals surface area contributed by atoms with Gasteiger partial charge in [-0.3, -0.25) is 4.79 Å². The smallest absolute Gasteiger partial charge is 0.305 e. The minimum Gasteiger partial charge on any atom is -0.465 e. The van der Waals surface area contributed by atoms with Crippen molar-refractivity contribution in [3.8, 4) is 0 Å². The first-order valence-corrected chi connectivity index (χ1v) is 2.95. The Morgan fingerprint density at radius 2 is 2.44 bits per heavy atom. The number of carbonyl (C=O) groups is 1. The molecular formula is C6H11NO2. The monoisotopic (exact) mass is 129 g/mol. The highest BCUT2D eigenvalue weighted by molar-refractivity contribution is 5.69. The van der Waals surface area contributed by atoms with Gasteiger partial charge in [0, 0.05) is 12.8 Å². The molecule has 0 bridgehead atoms. The molecule has 0 unspecified atom stereocenters. The van der Waals surface area contributed by atoms with Crippen molar-refractivity contribution < 1.29 is 9.53 Å². The summed E-state index contributed by atoms with van der Waals surface area (Å²) in [7, 11) is 0. The summed E-state index contributed by atoms with van der Waals surface area (Å²) in [5.41, 5.74) is 0. The Kier molecular flexibility index (Phi) is 4.78. The van der Waals surface area contributed by atoms with Crippen LogP contribution in [0.1, 0.15) is 19.8 Å². The first-order valence-electron chi connectivity index (χ1n) is 2.95. The highest BCUT2D eigenvalue weighted by atomic mass is 16.5. The highest BCUT2D eigenvalue weighted by Gasteiger charge is 1.94. The fraction of sp³-hybridized carbons (Fsp3) is 0.667. The molecule has 0 rings (SSSR count). The topological polar surface area (TPSA) is 50.2 Å². The van der Waals surface area contributed by atoms with Crippen LogP contribution in [-0.2, 0) is 9.53 Å². The number of hydrogen-bond acceptors (Lipinski definition) is 3. The van der Waals surface area contributed by atoms with Crippen LogP contribution in [0.5, 0.6) is 0 Å². The van der Waals surface area contributed by atoms with Crippen LogP contribution in [0.3, 0.4) is 0 Å². The second-order valence-corrected chi connectivity index (χ2v) is 1.57. The summed E-state index contributed by atoms with van der Waals surface area (Å²) in [6.07, 6.45) is 2.16. The summed E-state index contributed by atoms with van der Waals surface area (Å²) in [5, 5.41) is 6.59. The summed E-state index contributed by atoms with van der Waals surface area (Å²) in [6, 6.07) is 0. The molecule has 0 aromatic carbocycles. The minimum atomic E-state index is -0.197. The molecule has 0 radical (unpaired) electrons. The van der Waals surface area contributed by atoms with Crippen molar-refractivity contribution in [2.24, 2.45) is 0 Å². The lowest BCUT2D eigenvalue weighted by molar-refractivity contribution is -0.142. The van der Waals surface area contributed by atoms with E-state index in [0.29, 0.717) is 19.4 Å². The second-order valence-electron chi connectivity index (χ2n) is 1.57. The van der Waals surface area contributed by atoms with Crippen LogP contribution in [0.4, 0.5) is 0 Å². The number of carbonyl (C=O) groups excluding carboxylic acids is 1. The van der Waals surface area contributed by atoms with Gasteiger partial charge in [-0.25, -0.2) is 0 Å². The molecule has 3 nitrogen and oxygen atoms in total. The van der Waals surface area contributed by atoms with Crippen LogP contribution < -0.4 is 0 Å². The largest absolute Gasteiger partial charge is 0.465 e. The van der Waals surface area contributed by atoms with E-state index in [1.807, 2.05) is 0 Å². The van der Waals surface area contributed by atoms with E-state index in [4.69, 9.17) is 5.41 Å². The fourth-order valence-electron chi connectivity index (χ4n) is 0.334. The Morgan fingerprint density at radius 1 is 1.78 bits per heavy atom. The van der Waals surface area contributed by atoms with E-state index in [1.54, 1.807) is 6.92 Å². The van der Waals surface area contributed by atoms with Crippen LogP contribution in [0.15, 0.2) is 0 Å². The predicted octanol–water partition coefficient (Wildman–Crippen LogP) is 0.979. The highest BCUT2D eigenvalue weighted by Crippen LogP contribution is 1.84. The van der Waals surface area contributed by atoms with Crippen molar-refractivity contribution in [2.75, 3.05) is 6.61 Å². The molecule has 0 aliphatic heterocycles. The Hall–Kier alpha value is -0.860. The molecule has 0 heterocycles. The fourth-order valence-corrected chi connectivity index (χ4v) is 0.334. The maximum atomic E-state index is 10.4. The lowest BCUT2D eigenvalue weighted by Crippen LogP contribution is -2.03. The maximum absolute atomic E-state index is 10.4. The van der Waals surface area contributed by atoms with Gasteiger partial charge in [0.15, 0.2) is 0 Å². The van der Waals surface area contributed by atoms with Crippen molar-refractivity contribution in [2.45, 2.75) is 19.8 Å². The van der Waals surface area contributed by atoms with Gasteiger partial charge in [-0.05, 0) is 6.21 Å². The van der Waals surface area contributed by atoms with Gasteiger partial charge in [-0.1, -0.05) is 6.92 Å². The summed E-state index contributed by atoms with van der Waals surface area (Å²) in [5.74, 6) is -0.197. The van der Waals surface area contributed by atoms with Crippen LogP contribution in [0.2, 0.25) is 0 Å². The molecule has 0 aliphatic rings. The number of rotatable bonds is 4. The van der Waals surface area contributed by atoms with E-state index < -0.39 is 0 Å². The molecule has 0 aromatic heterocycles. The molecule has 0 fully saturated rings. The average Bonchev–Trinajstić information content (AvgIpc) is 1.89. The Labute approximate surface area is 54.5 Å². The summed E-state index contributed by atoms with van der Waals surface area (Å²) in [4.78, 5) is 10.4.